The van der Waals surface area contributed by atoms with Crippen LogP contribution >= 0.6 is 0 Å². The van der Waals surface area contributed by atoms with Gasteiger partial charge in [-0.3, -0.25) is 0 Å². The molecule has 0 saturated heterocycles. The molecule has 0 unspecified atom stereocenters. The zero-order chi connectivity index (χ0) is 37.6. The molecule has 54 heavy (non-hydrogen) atoms. The highest BCUT2D eigenvalue weighted by atomic mass is 19.2. The average Bonchev–Trinajstić information content (AvgIpc) is 3.21. The van der Waals surface area contributed by atoms with Crippen LogP contribution in [0.4, 0.5) is 51.7 Å². The predicted molar refractivity (Wildman–Crippen MR) is 210 cm³/mol. The van der Waals surface area contributed by atoms with Crippen molar-refractivity contribution in [2.45, 2.75) is 13.8 Å². The van der Waals surface area contributed by atoms with Gasteiger partial charge in [-0.05, 0) is 111 Å². The summed E-state index contributed by atoms with van der Waals surface area (Å²) in [5.74, 6) is 3.46. The Morgan fingerprint density at radius 3 is 0.870 bits per heavy atom. The first-order valence-corrected chi connectivity index (χ1v) is 17.2. The van der Waals surface area contributed by atoms with Crippen LogP contribution in [-0.2, 0) is 0 Å². The number of hydrogen-bond donors (Lipinski definition) is 0. The molecular weight excluding hydrogens is 681 g/mol. The minimum atomic E-state index is -1.61. The van der Waals surface area contributed by atoms with Crippen LogP contribution < -0.4 is 9.80 Å². The summed E-state index contributed by atoms with van der Waals surface area (Å²) in [7, 11) is 0. The summed E-state index contributed by atoms with van der Waals surface area (Å²) < 4.78 is 60.9. The Kier molecular flexibility index (Phi) is 10.3. The number of anilines is 6. The quantitative estimate of drug-likeness (QED) is 0.0962. The Balaban J connectivity index is 1.13. The number of rotatable bonds is 6. The van der Waals surface area contributed by atoms with E-state index in [0.29, 0.717) is 11.1 Å². The van der Waals surface area contributed by atoms with Crippen molar-refractivity contribution in [2.75, 3.05) is 9.80 Å². The predicted octanol–water partition coefficient (Wildman–Crippen LogP) is 12.6. The minimum absolute atomic E-state index is 0.399. The van der Waals surface area contributed by atoms with E-state index in [4.69, 9.17) is 0 Å². The molecule has 0 saturated carbocycles. The molecule has 0 heterocycles. The van der Waals surface area contributed by atoms with Crippen molar-refractivity contribution in [3.8, 4) is 23.7 Å². The number of para-hydroxylation sites is 2. The highest BCUT2D eigenvalue weighted by Crippen LogP contribution is 2.36. The van der Waals surface area contributed by atoms with E-state index in [-0.39, 0.29) is 0 Å². The molecule has 0 atom stereocenters. The van der Waals surface area contributed by atoms with E-state index in [1.165, 1.54) is 0 Å². The fraction of sp³-hybridized carbons (Fsp3) is 0.0417. The van der Waals surface area contributed by atoms with Gasteiger partial charge in [-0.15, -0.1) is 0 Å². The van der Waals surface area contributed by atoms with Gasteiger partial charge in [0.15, 0.2) is 23.3 Å². The average molecular weight is 713 g/mol. The molecule has 262 valence electrons. The van der Waals surface area contributed by atoms with E-state index in [1.807, 2.05) is 147 Å². The smallest absolute Gasteiger partial charge is 0.178 e. The van der Waals surface area contributed by atoms with Gasteiger partial charge in [0.25, 0.3) is 0 Å². The maximum Gasteiger partial charge on any atom is 0.178 e. The minimum Gasteiger partial charge on any atom is -0.311 e. The summed E-state index contributed by atoms with van der Waals surface area (Å²) in [5, 5.41) is 0. The molecule has 6 heteroatoms. The van der Waals surface area contributed by atoms with Crippen molar-refractivity contribution in [2.24, 2.45) is 0 Å². The summed E-state index contributed by atoms with van der Waals surface area (Å²) in [6, 6.07) is 49.7. The molecule has 0 spiro atoms. The van der Waals surface area contributed by atoms with Crippen LogP contribution in [0.15, 0.2) is 158 Å². The summed E-state index contributed by atoms with van der Waals surface area (Å²) >= 11 is 0. The van der Waals surface area contributed by atoms with Gasteiger partial charge < -0.3 is 9.80 Å². The van der Waals surface area contributed by atoms with Gasteiger partial charge in [0, 0.05) is 45.3 Å². The Labute approximate surface area is 312 Å². The van der Waals surface area contributed by atoms with Crippen LogP contribution in [0.5, 0.6) is 0 Å². The first-order chi connectivity index (χ1) is 26.3. The highest BCUT2D eigenvalue weighted by Gasteiger charge is 2.24. The third-order valence-corrected chi connectivity index (χ3v) is 8.79. The molecule has 0 radical (unpaired) electrons. The molecule has 0 N–H and O–H groups in total. The number of halogens is 4. The second-order valence-electron chi connectivity index (χ2n) is 12.6. The Morgan fingerprint density at radius 1 is 0.315 bits per heavy atom. The summed E-state index contributed by atoms with van der Waals surface area (Å²) in [6.45, 7) is 4.03. The topological polar surface area (TPSA) is 6.48 Å². The lowest BCUT2D eigenvalue weighted by molar-refractivity contribution is 0.447. The van der Waals surface area contributed by atoms with Crippen LogP contribution in [0.1, 0.15) is 33.4 Å². The second-order valence-corrected chi connectivity index (χ2v) is 12.6. The van der Waals surface area contributed by atoms with Gasteiger partial charge in [0.05, 0.1) is 0 Å². The standard InChI is InChI=1S/C48H32F4N2/c1-33-13-23-39(24-14-33)53(37-9-5-3-6-10-37)41-27-17-35(18-28-41)21-31-43-45(49)47(51)44(48(52)46(43)50)32-22-36-19-29-42(30-20-36)54(38-11-7-4-8-12-38)40-25-15-34(2)16-26-40/h3-20,23-30H,1-2H3. The Hall–Kier alpha value is -7.02. The molecule has 0 aliphatic carbocycles. The largest absolute Gasteiger partial charge is 0.311 e. The number of hydrogen-bond acceptors (Lipinski definition) is 2. The molecule has 2 nitrogen and oxygen atoms in total. The third-order valence-electron chi connectivity index (χ3n) is 8.79. The molecule has 0 aromatic heterocycles. The summed E-state index contributed by atoms with van der Waals surface area (Å²) in [6.07, 6.45) is 0. The molecule has 0 bridgehead atoms. The maximum absolute atomic E-state index is 15.2. The monoisotopic (exact) mass is 712 g/mol. The lowest BCUT2D eigenvalue weighted by atomic mass is 10.1. The SMILES string of the molecule is Cc1ccc(N(c2ccccc2)c2ccc(C#Cc3c(F)c(F)c(C#Cc4ccc(N(c5ccccc5)c5ccc(C)cc5)cc4)c(F)c3F)cc2)cc1. The highest BCUT2D eigenvalue weighted by molar-refractivity contribution is 5.78. The molecule has 0 fully saturated rings. The zero-order valence-electron chi connectivity index (χ0n) is 29.4. The number of nitrogens with zero attached hydrogens (tertiary/aromatic N) is 2. The molecular formula is C48H32F4N2. The first-order valence-electron chi connectivity index (χ1n) is 17.2. The van der Waals surface area contributed by atoms with Crippen LogP contribution in [-0.4, -0.2) is 0 Å². The fourth-order valence-corrected chi connectivity index (χ4v) is 5.94. The van der Waals surface area contributed by atoms with Gasteiger partial charge >= 0.3 is 0 Å². The van der Waals surface area contributed by atoms with Gasteiger partial charge in [-0.1, -0.05) is 95.5 Å². The Morgan fingerprint density at radius 2 is 0.574 bits per heavy atom. The van der Waals surface area contributed by atoms with Crippen LogP contribution in [0.25, 0.3) is 0 Å². The van der Waals surface area contributed by atoms with Gasteiger partial charge in [0.1, 0.15) is 11.1 Å². The Bertz CT molecular complexity index is 2320. The van der Waals surface area contributed by atoms with Crippen molar-refractivity contribution in [1.82, 2.24) is 0 Å². The van der Waals surface area contributed by atoms with Crippen molar-refractivity contribution in [1.29, 1.82) is 0 Å². The van der Waals surface area contributed by atoms with Crippen LogP contribution in [0, 0.1) is 60.8 Å². The molecule has 0 aliphatic heterocycles. The van der Waals surface area contributed by atoms with Crippen LogP contribution in [0.2, 0.25) is 0 Å². The van der Waals surface area contributed by atoms with Gasteiger partial charge in [0.2, 0.25) is 0 Å². The molecule has 7 aromatic carbocycles. The summed E-state index contributed by atoms with van der Waals surface area (Å²) in [4.78, 5) is 4.11. The second kappa shape index (κ2) is 15.7. The number of aryl methyl sites for hydroxylation is 2. The van der Waals surface area contributed by atoms with Crippen molar-refractivity contribution in [3.05, 3.63) is 214 Å². The molecule has 0 aliphatic rings. The van der Waals surface area contributed by atoms with E-state index in [0.717, 1.165) is 45.3 Å². The van der Waals surface area contributed by atoms with E-state index in [2.05, 4.69) is 33.5 Å². The van der Waals surface area contributed by atoms with E-state index in [9.17, 15) is 0 Å². The molecule has 7 aromatic rings. The van der Waals surface area contributed by atoms with Gasteiger partial charge in [-0.25, -0.2) is 17.6 Å². The van der Waals surface area contributed by atoms with Crippen molar-refractivity contribution < 1.29 is 17.6 Å². The van der Waals surface area contributed by atoms with Gasteiger partial charge in [-0.2, -0.15) is 0 Å². The zero-order valence-corrected chi connectivity index (χ0v) is 29.4. The van der Waals surface area contributed by atoms with Crippen molar-refractivity contribution in [3.63, 3.8) is 0 Å². The molecule has 7 rings (SSSR count). The van der Waals surface area contributed by atoms with E-state index >= 15 is 17.6 Å². The molecule has 0 amide bonds. The van der Waals surface area contributed by atoms with Crippen molar-refractivity contribution >= 4 is 34.1 Å². The normalized spacial score (nSPS) is 10.5. The van der Waals surface area contributed by atoms with Crippen LogP contribution in [0.3, 0.4) is 0 Å². The third kappa shape index (κ3) is 7.60. The number of benzene rings is 7. The van der Waals surface area contributed by atoms with E-state index in [1.54, 1.807) is 24.3 Å². The first kappa shape index (κ1) is 35.4. The lowest BCUT2D eigenvalue weighted by Gasteiger charge is -2.25. The lowest BCUT2D eigenvalue weighted by Crippen LogP contribution is -2.09. The van der Waals surface area contributed by atoms with E-state index < -0.39 is 34.4 Å². The fourth-order valence-electron chi connectivity index (χ4n) is 5.94. The maximum atomic E-state index is 15.2. The summed E-state index contributed by atoms with van der Waals surface area (Å²) in [5.41, 5.74) is 6.42.